The molecule has 0 amide bonds. The Labute approximate surface area is 87.9 Å². The normalized spacial score (nSPS) is 20.5. The van der Waals surface area contributed by atoms with Gasteiger partial charge in [-0.25, -0.2) is 0 Å². The fourth-order valence-electron chi connectivity index (χ4n) is 1.92. The van der Waals surface area contributed by atoms with Crippen LogP contribution in [0.2, 0.25) is 0 Å². The number of aromatic hydroxyl groups is 1. The number of hydrogen-bond donors (Lipinski definition) is 2. The summed E-state index contributed by atoms with van der Waals surface area (Å²) in [4.78, 5) is 0. The monoisotopic (exact) mass is 211 g/mol. The third-order valence-electron chi connectivity index (χ3n) is 2.72. The van der Waals surface area contributed by atoms with Gasteiger partial charge in [-0.3, -0.25) is 0 Å². The lowest BCUT2D eigenvalue weighted by Gasteiger charge is -2.13. The highest BCUT2D eigenvalue weighted by Crippen LogP contribution is 2.32. The molecule has 0 aromatic heterocycles. The van der Waals surface area contributed by atoms with Crippen LogP contribution in [0.3, 0.4) is 0 Å². The lowest BCUT2D eigenvalue weighted by molar-refractivity contribution is 0.362. The molecule has 2 N–H and O–H groups in total. The molecule has 0 radical (unpaired) electrons. The predicted molar refractivity (Wildman–Crippen MR) is 54.6 cm³/mol. The number of hydrogen-bond acceptors (Lipinski definition) is 3. The Hall–Kier alpha value is -1.29. The standard InChI is InChI=1S/C11H14FNO2/c1-15-10-6-7(5-9(14)11(10)12)8-3-2-4-13-8/h5-6,8,13-14H,2-4H2,1H3. The average Bonchev–Trinajstić information content (AvgIpc) is 2.75. The molecule has 0 spiro atoms. The van der Waals surface area contributed by atoms with Crippen molar-refractivity contribution in [3.8, 4) is 11.5 Å². The summed E-state index contributed by atoms with van der Waals surface area (Å²) < 4.78 is 18.1. The van der Waals surface area contributed by atoms with Gasteiger partial charge in [-0.15, -0.1) is 0 Å². The van der Waals surface area contributed by atoms with Crippen molar-refractivity contribution in [2.24, 2.45) is 0 Å². The van der Waals surface area contributed by atoms with Crippen LogP contribution in [0.15, 0.2) is 12.1 Å². The Morgan fingerprint density at radius 2 is 2.33 bits per heavy atom. The number of methoxy groups -OCH3 is 1. The number of rotatable bonds is 2. The summed E-state index contributed by atoms with van der Waals surface area (Å²) in [5.74, 6) is -0.948. The molecule has 1 aliphatic heterocycles. The van der Waals surface area contributed by atoms with E-state index in [1.54, 1.807) is 6.07 Å². The van der Waals surface area contributed by atoms with E-state index >= 15 is 0 Å². The van der Waals surface area contributed by atoms with Gasteiger partial charge >= 0.3 is 0 Å². The van der Waals surface area contributed by atoms with Crippen LogP contribution < -0.4 is 10.1 Å². The topological polar surface area (TPSA) is 41.5 Å². The average molecular weight is 211 g/mol. The summed E-state index contributed by atoms with van der Waals surface area (Å²) in [6.45, 7) is 0.963. The van der Waals surface area contributed by atoms with Gasteiger partial charge in [-0.05, 0) is 37.1 Å². The molecule has 0 bridgehead atoms. The highest BCUT2D eigenvalue weighted by Gasteiger charge is 2.19. The molecule has 0 saturated carbocycles. The zero-order valence-corrected chi connectivity index (χ0v) is 8.59. The quantitative estimate of drug-likeness (QED) is 0.785. The molecule has 1 fully saturated rings. The number of halogens is 1. The first-order valence-corrected chi connectivity index (χ1v) is 5.02. The van der Waals surface area contributed by atoms with Gasteiger partial charge in [0.05, 0.1) is 7.11 Å². The number of nitrogens with one attached hydrogen (secondary N) is 1. The van der Waals surface area contributed by atoms with Crippen molar-refractivity contribution in [1.82, 2.24) is 5.32 Å². The summed E-state index contributed by atoms with van der Waals surface area (Å²) in [7, 11) is 1.39. The van der Waals surface area contributed by atoms with E-state index in [0.29, 0.717) is 0 Å². The molecule has 15 heavy (non-hydrogen) atoms. The molecule has 1 atom stereocenters. The second kappa shape index (κ2) is 4.06. The van der Waals surface area contributed by atoms with E-state index in [1.807, 2.05) is 0 Å². The van der Waals surface area contributed by atoms with E-state index < -0.39 is 5.82 Å². The smallest absolute Gasteiger partial charge is 0.206 e. The van der Waals surface area contributed by atoms with Crippen LogP contribution in [0.4, 0.5) is 4.39 Å². The molecule has 4 heteroatoms. The van der Waals surface area contributed by atoms with Crippen molar-refractivity contribution >= 4 is 0 Å². The number of phenolic OH excluding ortho intramolecular Hbond substituents is 1. The van der Waals surface area contributed by atoms with E-state index in [9.17, 15) is 9.50 Å². The summed E-state index contributed by atoms with van der Waals surface area (Å²) >= 11 is 0. The molecule has 1 heterocycles. The molecule has 2 rings (SSSR count). The maximum absolute atomic E-state index is 13.3. The van der Waals surface area contributed by atoms with Crippen LogP contribution in [-0.4, -0.2) is 18.8 Å². The van der Waals surface area contributed by atoms with Gasteiger partial charge < -0.3 is 15.2 Å². The maximum atomic E-state index is 13.3. The first-order chi connectivity index (χ1) is 7.22. The molecule has 1 aromatic carbocycles. The summed E-state index contributed by atoms with van der Waals surface area (Å²) in [5.41, 5.74) is 0.878. The Morgan fingerprint density at radius 3 is 2.93 bits per heavy atom. The molecular formula is C11H14FNO2. The zero-order chi connectivity index (χ0) is 10.8. The molecule has 1 aromatic rings. The minimum atomic E-state index is -0.695. The Bertz CT molecular complexity index is 362. The second-order valence-corrected chi connectivity index (χ2v) is 3.71. The SMILES string of the molecule is COc1cc(C2CCCN2)cc(O)c1F. The second-order valence-electron chi connectivity index (χ2n) is 3.71. The summed E-state index contributed by atoms with van der Waals surface area (Å²) in [6.07, 6.45) is 2.11. The molecule has 0 aliphatic carbocycles. The van der Waals surface area contributed by atoms with Crippen molar-refractivity contribution in [2.45, 2.75) is 18.9 Å². The van der Waals surface area contributed by atoms with Crippen molar-refractivity contribution in [1.29, 1.82) is 0 Å². The Kier molecular flexibility index (Phi) is 2.77. The van der Waals surface area contributed by atoms with Gasteiger partial charge in [0.25, 0.3) is 0 Å². The van der Waals surface area contributed by atoms with Crippen LogP contribution >= 0.6 is 0 Å². The fraction of sp³-hybridized carbons (Fsp3) is 0.455. The first kappa shape index (κ1) is 10.2. The van der Waals surface area contributed by atoms with Gasteiger partial charge in [0.15, 0.2) is 11.5 Å². The van der Waals surface area contributed by atoms with Crippen molar-refractivity contribution < 1.29 is 14.2 Å². The molecule has 3 nitrogen and oxygen atoms in total. The van der Waals surface area contributed by atoms with E-state index in [4.69, 9.17) is 4.74 Å². The van der Waals surface area contributed by atoms with Gasteiger partial charge in [-0.2, -0.15) is 4.39 Å². The number of phenols is 1. The maximum Gasteiger partial charge on any atom is 0.206 e. The lowest BCUT2D eigenvalue weighted by atomic mass is 10.0. The van der Waals surface area contributed by atoms with Crippen molar-refractivity contribution in [3.05, 3.63) is 23.5 Å². The Morgan fingerprint density at radius 1 is 1.53 bits per heavy atom. The summed E-state index contributed by atoms with van der Waals surface area (Å²) in [6, 6.07) is 3.30. The van der Waals surface area contributed by atoms with Crippen molar-refractivity contribution in [2.75, 3.05) is 13.7 Å². The van der Waals surface area contributed by atoms with Gasteiger partial charge in [0, 0.05) is 6.04 Å². The van der Waals surface area contributed by atoms with E-state index in [2.05, 4.69) is 5.32 Å². The highest BCUT2D eigenvalue weighted by atomic mass is 19.1. The largest absolute Gasteiger partial charge is 0.505 e. The van der Waals surface area contributed by atoms with Crippen LogP contribution in [0.25, 0.3) is 0 Å². The molecule has 82 valence electrons. The molecule has 1 aliphatic rings. The minimum Gasteiger partial charge on any atom is -0.505 e. The van der Waals surface area contributed by atoms with Gasteiger partial charge in [0.1, 0.15) is 0 Å². The number of benzene rings is 1. The van der Waals surface area contributed by atoms with Gasteiger partial charge in [-0.1, -0.05) is 0 Å². The van der Waals surface area contributed by atoms with Crippen LogP contribution in [0, 0.1) is 5.82 Å². The molecule has 1 unspecified atom stereocenters. The van der Waals surface area contributed by atoms with Crippen molar-refractivity contribution in [3.63, 3.8) is 0 Å². The molecular weight excluding hydrogens is 197 g/mol. The summed E-state index contributed by atoms with van der Waals surface area (Å²) in [5, 5.41) is 12.7. The number of ether oxygens (including phenoxy) is 1. The van der Waals surface area contributed by atoms with E-state index in [0.717, 1.165) is 24.9 Å². The minimum absolute atomic E-state index is 0.0960. The highest BCUT2D eigenvalue weighted by molar-refractivity contribution is 5.41. The fourth-order valence-corrected chi connectivity index (χ4v) is 1.92. The Balaban J connectivity index is 2.35. The first-order valence-electron chi connectivity index (χ1n) is 5.02. The van der Waals surface area contributed by atoms with E-state index in [1.165, 1.54) is 13.2 Å². The molecule has 1 saturated heterocycles. The predicted octanol–water partition coefficient (Wildman–Crippen LogP) is 1.96. The van der Waals surface area contributed by atoms with Gasteiger partial charge in [0.2, 0.25) is 5.82 Å². The van der Waals surface area contributed by atoms with Crippen LogP contribution in [-0.2, 0) is 0 Å². The lowest BCUT2D eigenvalue weighted by Crippen LogP contribution is -2.13. The zero-order valence-electron chi connectivity index (χ0n) is 8.59. The van der Waals surface area contributed by atoms with E-state index in [-0.39, 0.29) is 17.5 Å². The van der Waals surface area contributed by atoms with Crippen LogP contribution in [0.1, 0.15) is 24.4 Å². The third kappa shape index (κ3) is 1.90. The van der Waals surface area contributed by atoms with Crippen LogP contribution in [0.5, 0.6) is 11.5 Å². The third-order valence-corrected chi connectivity index (χ3v) is 2.72.